The summed E-state index contributed by atoms with van der Waals surface area (Å²) in [6.07, 6.45) is 7.84. The standard InChI is InChI=1S/C21H32N4O2.2ClH/c1-14-12-25(13-15(2)27-14)20-6-3-16(10-22-20)11-23-21(26)9-17-7-18-4-5-19(8-17)24-18;;/h3,6,10,14-15,17-19,24H,4-5,7-9,11-13H2,1-2H3,(H,23,26);2*1H. The maximum absolute atomic E-state index is 12.3. The average Bonchev–Trinajstić information content (AvgIpc) is 2.98. The van der Waals surface area contributed by atoms with Crippen LogP contribution in [-0.2, 0) is 16.1 Å². The lowest BCUT2D eigenvalue weighted by molar-refractivity contribution is -0.122. The second kappa shape index (κ2) is 10.8. The minimum absolute atomic E-state index is 0. The van der Waals surface area contributed by atoms with E-state index in [1.54, 1.807) is 0 Å². The number of anilines is 1. The van der Waals surface area contributed by atoms with Crippen LogP contribution in [0.3, 0.4) is 0 Å². The Hall–Kier alpha value is -1.08. The highest BCUT2D eigenvalue weighted by atomic mass is 35.5. The number of pyridine rings is 1. The number of amides is 1. The molecule has 0 aliphatic carbocycles. The highest BCUT2D eigenvalue weighted by Gasteiger charge is 2.34. The minimum atomic E-state index is 0. The first-order valence-corrected chi connectivity index (χ1v) is 10.4. The van der Waals surface area contributed by atoms with Crippen molar-refractivity contribution in [3.63, 3.8) is 0 Å². The minimum Gasteiger partial charge on any atom is -0.372 e. The van der Waals surface area contributed by atoms with E-state index in [9.17, 15) is 4.79 Å². The normalized spacial score (nSPS) is 30.8. The van der Waals surface area contributed by atoms with Crippen LogP contribution in [0.2, 0.25) is 0 Å². The number of fused-ring (bicyclic) bond motifs is 2. The number of halogens is 2. The molecule has 3 fully saturated rings. The Morgan fingerprint density at radius 2 is 1.83 bits per heavy atom. The molecular formula is C21H34Cl2N4O2. The summed E-state index contributed by atoms with van der Waals surface area (Å²) in [6, 6.07) is 5.40. The van der Waals surface area contributed by atoms with Gasteiger partial charge in [-0.25, -0.2) is 4.98 Å². The summed E-state index contributed by atoms with van der Waals surface area (Å²) in [4.78, 5) is 19.2. The molecule has 4 unspecified atom stereocenters. The van der Waals surface area contributed by atoms with Crippen LogP contribution in [0.4, 0.5) is 5.82 Å². The van der Waals surface area contributed by atoms with Crippen LogP contribution < -0.4 is 15.5 Å². The Kier molecular flexibility index (Phi) is 9.01. The predicted octanol–water partition coefficient (Wildman–Crippen LogP) is 3.08. The Balaban J connectivity index is 0.00000150. The molecule has 1 aromatic rings. The molecule has 2 N–H and O–H groups in total. The van der Waals surface area contributed by atoms with Crippen molar-refractivity contribution in [1.29, 1.82) is 0 Å². The number of nitrogens with zero attached hydrogens (tertiary/aromatic N) is 2. The molecule has 3 aliphatic rings. The van der Waals surface area contributed by atoms with E-state index >= 15 is 0 Å². The largest absolute Gasteiger partial charge is 0.372 e. The van der Waals surface area contributed by atoms with E-state index in [-0.39, 0.29) is 42.9 Å². The Morgan fingerprint density at radius 3 is 2.41 bits per heavy atom. The molecule has 0 saturated carbocycles. The number of piperidine rings is 1. The molecule has 1 amide bonds. The molecule has 1 aromatic heterocycles. The number of nitrogens with one attached hydrogen (secondary N) is 2. The van der Waals surface area contributed by atoms with Gasteiger partial charge in [0.2, 0.25) is 5.91 Å². The Bertz CT molecular complexity index is 639. The van der Waals surface area contributed by atoms with Gasteiger partial charge in [-0.3, -0.25) is 4.79 Å². The van der Waals surface area contributed by atoms with E-state index in [1.165, 1.54) is 12.8 Å². The lowest BCUT2D eigenvalue weighted by atomic mass is 9.89. The second-order valence-corrected chi connectivity index (χ2v) is 8.64. The molecule has 8 heteroatoms. The molecule has 0 radical (unpaired) electrons. The number of carbonyl (C=O) groups excluding carboxylic acids is 1. The van der Waals surface area contributed by atoms with Crippen molar-refractivity contribution < 1.29 is 9.53 Å². The summed E-state index contributed by atoms with van der Waals surface area (Å²) < 4.78 is 5.79. The molecular weight excluding hydrogens is 411 g/mol. The Labute approximate surface area is 186 Å². The van der Waals surface area contributed by atoms with Gasteiger partial charge < -0.3 is 20.3 Å². The fourth-order valence-electron chi connectivity index (χ4n) is 4.95. The fraction of sp³-hybridized carbons (Fsp3) is 0.714. The molecule has 4 heterocycles. The smallest absolute Gasteiger partial charge is 0.220 e. The molecule has 0 spiro atoms. The molecule has 0 aromatic carbocycles. The lowest BCUT2D eigenvalue weighted by Crippen LogP contribution is -2.45. The first kappa shape index (κ1) is 24.2. The van der Waals surface area contributed by atoms with E-state index in [2.05, 4.69) is 46.5 Å². The van der Waals surface area contributed by atoms with E-state index in [0.717, 1.165) is 37.3 Å². The van der Waals surface area contributed by atoms with Crippen molar-refractivity contribution in [3.05, 3.63) is 23.9 Å². The van der Waals surface area contributed by atoms with Gasteiger partial charge in [-0.05, 0) is 57.1 Å². The zero-order chi connectivity index (χ0) is 18.8. The summed E-state index contributed by atoms with van der Waals surface area (Å²) in [5, 5.41) is 6.71. The van der Waals surface area contributed by atoms with Crippen LogP contribution in [-0.4, -0.2) is 48.3 Å². The number of hydrogen-bond donors (Lipinski definition) is 2. The van der Waals surface area contributed by atoms with Crippen LogP contribution in [0.5, 0.6) is 0 Å². The van der Waals surface area contributed by atoms with E-state index < -0.39 is 0 Å². The van der Waals surface area contributed by atoms with Crippen molar-refractivity contribution in [2.24, 2.45) is 5.92 Å². The highest BCUT2D eigenvalue weighted by Crippen LogP contribution is 2.32. The summed E-state index contributed by atoms with van der Waals surface area (Å²) >= 11 is 0. The second-order valence-electron chi connectivity index (χ2n) is 8.64. The first-order chi connectivity index (χ1) is 13.0. The maximum Gasteiger partial charge on any atom is 0.220 e. The van der Waals surface area contributed by atoms with E-state index in [0.29, 0.717) is 31.0 Å². The van der Waals surface area contributed by atoms with Crippen LogP contribution in [0.15, 0.2) is 18.3 Å². The van der Waals surface area contributed by atoms with Gasteiger partial charge in [0.15, 0.2) is 0 Å². The number of ether oxygens (including phenoxy) is 1. The molecule has 6 nitrogen and oxygen atoms in total. The highest BCUT2D eigenvalue weighted by molar-refractivity contribution is 5.85. The van der Waals surface area contributed by atoms with Crippen molar-refractivity contribution in [2.45, 2.75) is 76.8 Å². The zero-order valence-corrected chi connectivity index (χ0v) is 18.9. The number of carbonyl (C=O) groups is 1. The summed E-state index contributed by atoms with van der Waals surface area (Å²) in [5.41, 5.74) is 1.05. The molecule has 29 heavy (non-hydrogen) atoms. The third-order valence-corrected chi connectivity index (χ3v) is 6.09. The van der Waals surface area contributed by atoms with Gasteiger partial charge in [0, 0.05) is 44.3 Å². The van der Waals surface area contributed by atoms with Gasteiger partial charge in [0.1, 0.15) is 5.82 Å². The number of morpholine rings is 1. The van der Waals surface area contributed by atoms with Gasteiger partial charge >= 0.3 is 0 Å². The third kappa shape index (κ3) is 6.45. The van der Waals surface area contributed by atoms with Crippen molar-refractivity contribution >= 4 is 36.5 Å². The number of rotatable bonds is 5. The van der Waals surface area contributed by atoms with Crippen LogP contribution >= 0.6 is 24.8 Å². The van der Waals surface area contributed by atoms with Crippen LogP contribution in [0.25, 0.3) is 0 Å². The number of hydrogen-bond acceptors (Lipinski definition) is 5. The van der Waals surface area contributed by atoms with Gasteiger partial charge in [0.05, 0.1) is 12.2 Å². The first-order valence-electron chi connectivity index (χ1n) is 10.4. The lowest BCUT2D eigenvalue weighted by Gasteiger charge is -2.36. The Morgan fingerprint density at radius 1 is 1.17 bits per heavy atom. The fourth-order valence-corrected chi connectivity index (χ4v) is 4.95. The molecule has 2 bridgehead atoms. The molecule has 3 aliphatic heterocycles. The monoisotopic (exact) mass is 444 g/mol. The third-order valence-electron chi connectivity index (χ3n) is 6.09. The van der Waals surface area contributed by atoms with Gasteiger partial charge in [-0.1, -0.05) is 6.07 Å². The molecule has 4 atom stereocenters. The summed E-state index contributed by atoms with van der Waals surface area (Å²) in [7, 11) is 0. The van der Waals surface area contributed by atoms with Gasteiger partial charge in [-0.2, -0.15) is 0 Å². The predicted molar refractivity (Wildman–Crippen MR) is 120 cm³/mol. The van der Waals surface area contributed by atoms with Crippen molar-refractivity contribution in [2.75, 3.05) is 18.0 Å². The van der Waals surface area contributed by atoms with E-state index in [1.807, 2.05) is 6.20 Å². The quantitative estimate of drug-likeness (QED) is 0.730. The summed E-state index contributed by atoms with van der Waals surface area (Å²) in [6.45, 7) is 6.48. The van der Waals surface area contributed by atoms with Crippen LogP contribution in [0.1, 0.15) is 51.5 Å². The number of aromatic nitrogens is 1. The van der Waals surface area contributed by atoms with Crippen molar-refractivity contribution in [3.8, 4) is 0 Å². The summed E-state index contributed by atoms with van der Waals surface area (Å²) in [5.74, 6) is 1.69. The molecule has 3 saturated heterocycles. The zero-order valence-electron chi connectivity index (χ0n) is 17.3. The van der Waals surface area contributed by atoms with Crippen LogP contribution in [0, 0.1) is 5.92 Å². The van der Waals surface area contributed by atoms with E-state index in [4.69, 9.17) is 4.74 Å². The topological polar surface area (TPSA) is 66.5 Å². The van der Waals surface area contributed by atoms with Gasteiger partial charge in [-0.15, -0.1) is 24.8 Å². The molecule has 164 valence electrons. The van der Waals surface area contributed by atoms with Gasteiger partial charge in [0.25, 0.3) is 0 Å². The average molecular weight is 445 g/mol. The molecule has 4 rings (SSSR count). The maximum atomic E-state index is 12.3. The van der Waals surface area contributed by atoms with Crippen molar-refractivity contribution in [1.82, 2.24) is 15.6 Å². The SMILES string of the molecule is CC1CN(c2ccc(CNC(=O)CC3CC4CCC(C3)N4)cn2)CC(C)O1.Cl.Cl.